The highest BCUT2D eigenvalue weighted by atomic mass is 19.1. The molecule has 1 N–H and O–H groups in total. The van der Waals surface area contributed by atoms with Crippen LogP contribution in [0, 0.1) is 5.82 Å². The zero-order valence-corrected chi connectivity index (χ0v) is 14.6. The van der Waals surface area contributed by atoms with Crippen LogP contribution in [-0.4, -0.2) is 48.6 Å². The van der Waals surface area contributed by atoms with Gasteiger partial charge in [0.15, 0.2) is 0 Å². The first kappa shape index (κ1) is 17.7. The molecule has 1 atom stereocenters. The highest BCUT2D eigenvalue weighted by Crippen LogP contribution is 2.18. The molecule has 1 saturated heterocycles. The van der Waals surface area contributed by atoms with Crippen molar-refractivity contribution in [2.45, 2.75) is 45.7 Å². The van der Waals surface area contributed by atoms with Crippen LogP contribution < -0.4 is 10.2 Å². The predicted molar refractivity (Wildman–Crippen MR) is 92.2 cm³/mol. The zero-order chi connectivity index (χ0) is 17.0. The van der Waals surface area contributed by atoms with Crippen LogP contribution in [0.3, 0.4) is 0 Å². The first-order chi connectivity index (χ1) is 10.8. The number of benzene rings is 1. The second kappa shape index (κ2) is 7.30. The van der Waals surface area contributed by atoms with Crippen molar-refractivity contribution in [3.8, 4) is 0 Å². The quantitative estimate of drug-likeness (QED) is 0.905. The molecular formula is C18H28FN3O. The molecule has 1 amide bonds. The molecule has 1 fully saturated rings. The minimum Gasteiger partial charge on any atom is -0.369 e. The molecule has 128 valence electrons. The molecule has 0 bridgehead atoms. The van der Waals surface area contributed by atoms with Crippen molar-refractivity contribution >= 4 is 11.6 Å². The summed E-state index contributed by atoms with van der Waals surface area (Å²) < 4.78 is 13.0. The molecule has 5 heteroatoms. The Kier molecular flexibility index (Phi) is 5.63. The van der Waals surface area contributed by atoms with Crippen molar-refractivity contribution in [2.75, 3.05) is 31.1 Å². The van der Waals surface area contributed by atoms with E-state index in [1.807, 2.05) is 32.9 Å². The standard InChI is InChI=1S/C18H28FN3O/c1-5-18(3,4)20-17(23)14(2)21-10-12-22(13-11-21)16-8-6-15(19)7-9-16/h6-9,14H,5,10-13H2,1-4H3,(H,20,23). The van der Waals surface area contributed by atoms with Crippen molar-refractivity contribution in [3.63, 3.8) is 0 Å². The molecule has 0 aromatic heterocycles. The predicted octanol–water partition coefficient (Wildman–Crippen LogP) is 2.64. The minimum atomic E-state index is -0.212. The maximum atomic E-state index is 13.0. The molecule has 1 aromatic carbocycles. The van der Waals surface area contributed by atoms with Gasteiger partial charge in [0.05, 0.1) is 6.04 Å². The van der Waals surface area contributed by atoms with Crippen LogP contribution in [-0.2, 0) is 4.79 Å². The maximum absolute atomic E-state index is 13.0. The first-order valence-electron chi connectivity index (χ1n) is 8.39. The third kappa shape index (κ3) is 4.67. The Bertz CT molecular complexity index is 522. The Morgan fingerprint density at radius 1 is 1.22 bits per heavy atom. The van der Waals surface area contributed by atoms with Crippen LogP contribution in [0.2, 0.25) is 0 Å². The molecule has 0 spiro atoms. The van der Waals surface area contributed by atoms with E-state index in [4.69, 9.17) is 0 Å². The van der Waals surface area contributed by atoms with E-state index in [9.17, 15) is 9.18 Å². The smallest absolute Gasteiger partial charge is 0.237 e. The Morgan fingerprint density at radius 2 is 1.78 bits per heavy atom. The van der Waals surface area contributed by atoms with E-state index in [-0.39, 0.29) is 23.3 Å². The average molecular weight is 321 g/mol. The number of carbonyl (C=O) groups is 1. The van der Waals surface area contributed by atoms with E-state index in [2.05, 4.69) is 22.0 Å². The van der Waals surface area contributed by atoms with Crippen LogP contribution in [0.5, 0.6) is 0 Å². The van der Waals surface area contributed by atoms with Gasteiger partial charge < -0.3 is 10.2 Å². The normalized spacial score (nSPS) is 17.9. The number of nitrogens with zero attached hydrogens (tertiary/aromatic N) is 2. The number of amides is 1. The molecule has 4 nitrogen and oxygen atoms in total. The number of carbonyl (C=O) groups excluding carboxylic acids is 1. The molecule has 1 heterocycles. The monoisotopic (exact) mass is 321 g/mol. The lowest BCUT2D eigenvalue weighted by Crippen LogP contribution is -2.56. The fraction of sp³-hybridized carbons (Fsp3) is 0.611. The number of anilines is 1. The van der Waals surface area contributed by atoms with Gasteiger partial charge in [-0.1, -0.05) is 6.92 Å². The number of rotatable bonds is 5. The van der Waals surface area contributed by atoms with Crippen molar-refractivity contribution < 1.29 is 9.18 Å². The third-order valence-electron chi connectivity index (χ3n) is 4.78. The molecule has 1 aliphatic rings. The van der Waals surface area contributed by atoms with Gasteiger partial charge in [0, 0.05) is 37.4 Å². The summed E-state index contributed by atoms with van der Waals surface area (Å²) in [6.07, 6.45) is 0.907. The lowest BCUT2D eigenvalue weighted by Gasteiger charge is -2.39. The molecule has 0 saturated carbocycles. The summed E-state index contributed by atoms with van der Waals surface area (Å²) in [4.78, 5) is 16.8. The third-order valence-corrected chi connectivity index (χ3v) is 4.78. The van der Waals surface area contributed by atoms with Crippen molar-refractivity contribution in [3.05, 3.63) is 30.1 Å². The van der Waals surface area contributed by atoms with Gasteiger partial charge in [0.25, 0.3) is 0 Å². The van der Waals surface area contributed by atoms with E-state index >= 15 is 0 Å². The van der Waals surface area contributed by atoms with Gasteiger partial charge in [0.1, 0.15) is 5.82 Å². The summed E-state index contributed by atoms with van der Waals surface area (Å²) in [5, 5.41) is 3.12. The molecule has 2 rings (SSSR count). The number of halogens is 1. The fourth-order valence-corrected chi connectivity index (χ4v) is 2.71. The lowest BCUT2D eigenvalue weighted by molar-refractivity contribution is -0.127. The summed E-state index contributed by atoms with van der Waals surface area (Å²) in [6.45, 7) is 11.5. The molecule has 23 heavy (non-hydrogen) atoms. The number of piperazine rings is 1. The van der Waals surface area contributed by atoms with E-state index in [0.717, 1.165) is 38.3 Å². The topological polar surface area (TPSA) is 35.6 Å². The number of nitrogens with one attached hydrogen (secondary N) is 1. The van der Waals surface area contributed by atoms with Gasteiger partial charge in [-0.3, -0.25) is 9.69 Å². The van der Waals surface area contributed by atoms with Gasteiger partial charge in [-0.05, 0) is 51.5 Å². The Labute approximate surface area is 138 Å². The van der Waals surface area contributed by atoms with E-state index in [0.29, 0.717) is 0 Å². The van der Waals surface area contributed by atoms with Crippen LogP contribution in [0.15, 0.2) is 24.3 Å². The molecule has 1 aliphatic heterocycles. The Hall–Kier alpha value is -1.62. The number of hydrogen-bond acceptors (Lipinski definition) is 3. The molecule has 1 unspecified atom stereocenters. The second-order valence-electron chi connectivity index (χ2n) is 6.90. The lowest BCUT2D eigenvalue weighted by atomic mass is 10.0. The fourth-order valence-electron chi connectivity index (χ4n) is 2.71. The van der Waals surface area contributed by atoms with E-state index in [1.54, 1.807) is 0 Å². The summed E-state index contributed by atoms with van der Waals surface area (Å²) in [7, 11) is 0. The van der Waals surface area contributed by atoms with Crippen molar-refractivity contribution in [1.82, 2.24) is 10.2 Å². The molecule has 0 radical (unpaired) electrons. The zero-order valence-electron chi connectivity index (χ0n) is 14.6. The summed E-state index contributed by atoms with van der Waals surface area (Å²) in [5.41, 5.74) is 0.872. The van der Waals surface area contributed by atoms with Gasteiger partial charge in [0.2, 0.25) is 5.91 Å². The highest BCUT2D eigenvalue weighted by Gasteiger charge is 2.28. The minimum absolute atomic E-state index is 0.0899. The van der Waals surface area contributed by atoms with Crippen molar-refractivity contribution in [1.29, 1.82) is 0 Å². The van der Waals surface area contributed by atoms with Gasteiger partial charge in [-0.25, -0.2) is 4.39 Å². The van der Waals surface area contributed by atoms with E-state index < -0.39 is 0 Å². The Morgan fingerprint density at radius 3 is 2.30 bits per heavy atom. The van der Waals surface area contributed by atoms with Gasteiger partial charge >= 0.3 is 0 Å². The van der Waals surface area contributed by atoms with Gasteiger partial charge in [-0.2, -0.15) is 0 Å². The van der Waals surface area contributed by atoms with Crippen molar-refractivity contribution in [2.24, 2.45) is 0 Å². The van der Waals surface area contributed by atoms with Crippen LogP contribution in [0.25, 0.3) is 0 Å². The van der Waals surface area contributed by atoms with Crippen LogP contribution >= 0.6 is 0 Å². The first-order valence-corrected chi connectivity index (χ1v) is 8.39. The summed E-state index contributed by atoms with van der Waals surface area (Å²) in [6, 6.07) is 6.47. The van der Waals surface area contributed by atoms with Gasteiger partial charge in [-0.15, -0.1) is 0 Å². The average Bonchev–Trinajstić information content (AvgIpc) is 2.54. The van der Waals surface area contributed by atoms with E-state index in [1.165, 1.54) is 12.1 Å². The SMILES string of the molecule is CCC(C)(C)NC(=O)C(C)N1CCN(c2ccc(F)cc2)CC1. The Balaban J connectivity index is 1.88. The maximum Gasteiger partial charge on any atom is 0.237 e. The van der Waals surface area contributed by atoms with Crippen LogP contribution in [0.4, 0.5) is 10.1 Å². The molecule has 1 aromatic rings. The number of hydrogen-bond donors (Lipinski definition) is 1. The molecule has 0 aliphatic carbocycles. The van der Waals surface area contributed by atoms with Crippen LogP contribution in [0.1, 0.15) is 34.1 Å². The largest absolute Gasteiger partial charge is 0.369 e. The summed E-state index contributed by atoms with van der Waals surface area (Å²) >= 11 is 0. The second-order valence-corrected chi connectivity index (χ2v) is 6.90. The molecular weight excluding hydrogens is 293 g/mol. The summed E-state index contributed by atoms with van der Waals surface area (Å²) in [5.74, 6) is -0.122. The highest BCUT2D eigenvalue weighted by molar-refractivity contribution is 5.82.